The van der Waals surface area contributed by atoms with Crippen LogP contribution in [0, 0.1) is 27.9 Å². The van der Waals surface area contributed by atoms with Crippen LogP contribution in [0.2, 0.25) is 0 Å². The van der Waals surface area contributed by atoms with Crippen LogP contribution in [-0.2, 0) is 6.54 Å². The molecule has 0 aromatic carbocycles. The first-order valence-electron chi connectivity index (χ1n) is 6.01. The number of hydrogen-bond donors (Lipinski definition) is 0. The maximum atomic E-state index is 10.7. The van der Waals surface area contributed by atoms with E-state index in [1.807, 2.05) is 0 Å². The molecule has 0 aliphatic heterocycles. The molecule has 2 aliphatic rings. The average Bonchev–Trinajstić information content (AvgIpc) is 2.93. The summed E-state index contributed by atoms with van der Waals surface area (Å²) < 4.78 is 2.21. The Balaban J connectivity index is 1.73. The second-order valence-electron chi connectivity index (χ2n) is 5.21. The molecule has 1 aromatic rings. The fraction of sp³-hybridized carbons (Fsp3) is 0.727. The van der Waals surface area contributed by atoms with Gasteiger partial charge in [0.2, 0.25) is 0 Å². The summed E-state index contributed by atoms with van der Waals surface area (Å²) in [7, 11) is 0. The molecular weight excluding hydrogens is 286 g/mol. The maximum Gasteiger partial charge on any atom is 0.404 e. The van der Waals surface area contributed by atoms with Gasteiger partial charge in [-0.1, -0.05) is 6.42 Å². The number of hydrogen-bond acceptors (Lipinski definition) is 3. The lowest BCUT2D eigenvalue weighted by molar-refractivity contribution is -0.390. The first kappa shape index (κ1) is 11.2. The van der Waals surface area contributed by atoms with Crippen molar-refractivity contribution < 1.29 is 4.92 Å². The van der Waals surface area contributed by atoms with Gasteiger partial charge in [0, 0.05) is 0 Å². The van der Waals surface area contributed by atoms with Crippen LogP contribution in [0.1, 0.15) is 25.7 Å². The van der Waals surface area contributed by atoms with Gasteiger partial charge in [-0.2, -0.15) is 4.68 Å². The van der Waals surface area contributed by atoms with Crippen molar-refractivity contribution in [2.45, 2.75) is 32.2 Å². The Morgan fingerprint density at radius 1 is 1.53 bits per heavy atom. The third-order valence-electron chi connectivity index (χ3n) is 4.18. The second-order valence-corrected chi connectivity index (χ2v) is 6.07. The molecule has 0 spiro atoms. The molecule has 5 nitrogen and oxygen atoms in total. The van der Waals surface area contributed by atoms with Crippen molar-refractivity contribution in [3.63, 3.8) is 0 Å². The van der Waals surface area contributed by atoms with E-state index in [1.165, 1.54) is 25.7 Å². The summed E-state index contributed by atoms with van der Waals surface area (Å²) in [6.07, 6.45) is 7.07. The van der Waals surface area contributed by atoms with E-state index in [0.29, 0.717) is 10.4 Å². The summed E-state index contributed by atoms with van der Waals surface area (Å²) in [5.74, 6) is 2.31. The molecule has 0 radical (unpaired) electrons. The van der Waals surface area contributed by atoms with Crippen molar-refractivity contribution >= 4 is 21.7 Å². The molecule has 0 N–H and O–H groups in total. The molecule has 0 saturated heterocycles. The van der Waals surface area contributed by atoms with E-state index in [1.54, 1.807) is 10.9 Å². The highest BCUT2D eigenvalue weighted by atomic mass is 79.9. The zero-order chi connectivity index (χ0) is 12.0. The Morgan fingerprint density at radius 3 is 2.88 bits per heavy atom. The lowest BCUT2D eigenvalue weighted by atomic mass is 9.89. The number of nitro groups is 1. The van der Waals surface area contributed by atoms with Crippen molar-refractivity contribution in [1.29, 1.82) is 0 Å². The molecule has 2 bridgehead atoms. The Bertz CT molecular complexity index is 460. The second kappa shape index (κ2) is 4.08. The summed E-state index contributed by atoms with van der Waals surface area (Å²) in [6, 6.07) is 0. The zero-order valence-corrected chi connectivity index (χ0v) is 11.0. The van der Waals surface area contributed by atoms with E-state index in [2.05, 4.69) is 21.0 Å². The monoisotopic (exact) mass is 299 g/mol. The van der Waals surface area contributed by atoms with Crippen LogP contribution in [0.3, 0.4) is 0 Å². The fourth-order valence-electron chi connectivity index (χ4n) is 3.44. The lowest BCUT2D eigenvalue weighted by Gasteiger charge is -2.19. The van der Waals surface area contributed by atoms with Gasteiger partial charge in [0.05, 0.1) is 17.8 Å². The van der Waals surface area contributed by atoms with Crippen LogP contribution in [0.4, 0.5) is 5.82 Å². The highest BCUT2D eigenvalue weighted by Crippen LogP contribution is 2.48. The van der Waals surface area contributed by atoms with Gasteiger partial charge in [-0.15, -0.1) is 0 Å². The summed E-state index contributed by atoms with van der Waals surface area (Å²) in [6.45, 7) is 0.827. The summed E-state index contributed by atoms with van der Waals surface area (Å²) in [5.41, 5.74) is 0. The zero-order valence-electron chi connectivity index (χ0n) is 9.38. The fourth-order valence-corrected chi connectivity index (χ4v) is 3.90. The predicted molar refractivity (Wildman–Crippen MR) is 65.5 cm³/mol. The lowest BCUT2D eigenvalue weighted by Crippen LogP contribution is -2.17. The highest BCUT2D eigenvalue weighted by molar-refractivity contribution is 9.10. The van der Waals surface area contributed by atoms with Gasteiger partial charge in [0.15, 0.2) is 0 Å². The quantitative estimate of drug-likeness (QED) is 0.637. The first-order chi connectivity index (χ1) is 8.13. The summed E-state index contributed by atoms with van der Waals surface area (Å²) in [4.78, 5) is 10.3. The molecular formula is C11H14BrN3O2. The Labute approximate surface area is 107 Å². The minimum absolute atomic E-state index is 0.0758. The number of nitrogens with zero attached hydrogens (tertiary/aromatic N) is 3. The third kappa shape index (κ3) is 1.99. The smallest absolute Gasteiger partial charge is 0.358 e. The molecule has 6 heteroatoms. The van der Waals surface area contributed by atoms with Gasteiger partial charge in [-0.05, 0) is 57.9 Å². The summed E-state index contributed by atoms with van der Waals surface area (Å²) in [5, 5.41) is 14.7. The molecule has 2 aliphatic carbocycles. The van der Waals surface area contributed by atoms with Crippen LogP contribution in [0.5, 0.6) is 0 Å². The van der Waals surface area contributed by atoms with E-state index in [-0.39, 0.29) is 5.82 Å². The van der Waals surface area contributed by atoms with Crippen molar-refractivity contribution in [3.8, 4) is 0 Å². The minimum atomic E-state index is -0.443. The predicted octanol–water partition coefficient (Wildman–Crippen LogP) is 2.99. The number of fused-ring (bicyclic) bond motifs is 2. The summed E-state index contributed by atoms with van der Waals surface area (Å²) >= 11 is 3.18. The highest BCUT2D eigenvalue weighted by Gasteiger charge is 2.40. The number of aromatic nitrogens is 2. The topological polar surface area (TPSA) is 61.0 Å². The van der Waals surface area contributed by atoms with Crippen molar-refractivity contribution in [2.24, 2.45) is 17.8 Å². The number of halogens is 1. The van der Waals surface area contributed by atoms with E-state index >= 15 is 0 Å². The largest absolute Gasteiger partial charge is 0.404 e. The van der Waals surface area contributed by atoms with Crippen LogP contribution in [-0.4, -0.2) is 14.7 Å². The molecule has 17 heavy (non-hydrogen) atoms. The van der Waals surface area contributed by atoms with Gasteiger partial charge in [0.1, 0.15) is 4.47 Å². The van der Waals surface area contributed by atoms with Crippen molar-refractivity contribution in [3.05, 3.63) is 20.8 Å². The molecule has 0 amide bonds. The van der Waals surface area contributed by atoms with E-state index < -0.39 is 4.92 Å². The van der Waals surface area contributed by atoms with Gasteiger partial charge in [-0.3, -0.25) is 0 Å². The van der Waals surface area contributed by atoms with Gasteiger partial charge in [-0.25, -0.2) is 0 Å². The van der Waals surface area contributed by atoms with E-state index in [9.17, 15) is 10.1 Å². The van der Waals surface area contributed by atoms with Crippen LogP contribution in [0.15, 0.2) is 10.7 Å². The molecule has 2 saturated carbocycles. The van der Waals surface area contributed by atoms with Gasteiger partial charge in [0.25, 0.3) is 0 Å². The first-order valence-corrected chi connectivity index (χ1v) is 6.80. The normalized spacial score (nSPS) is 31.0. The van der Waals surface area contributed by atoms with Crippen LogP contribution < -0.4 is 0 Å². The SMILES string of the molecule is O=[N+]([O-])c1nn(CC2CC3CCC2C3)cc1Br. The van der Waals surface area contributed by atoms with Gasteiger partial charge >= 0.3 is 5.82 Å². The van der Waals surface area contributed by atoms with Gasteiger partial charge < -0.3 is 10.1 Å². The minimum Gasteiger partial charge on any atom is -0.358 e. The average molecular weight is 300 g/mol. The Kier molecular flexibility index (Phi) is 2.69. The molecule has 1 aromatic heterocycles. The standard InChI is InChI=1S/C11H14BrN3O2/c12-10-6-14(13-11(10)15(16)17)5-9-4-7-1-2-8(9)3-7/h6-9H,1-5H2. The van der Waals surface area contributed by atoms with Crippen molar-refractivity contribution in [2.75, 3.05) is 0 Å². The Hall–Kier alpha value is -0.910. The maximum absolute atomic E-state index is 10.7. The molecule has 1 heterocycles. The number of rotatable bonds is 3. The van der Waals surface area contributed by atoms with Crippen molar-refractivity contribution in [1.82, 2.24) is 9.78 Å². The molecule has 3 unspecified atom stereocenters. The molecule has 3 rings (SSSR count). The van der Waals surface area contributed by atoms with Crippen LogP contribution in [0.25, 0.3) is 0 Å². The van der Waals surface area contributed by atoms with Crippen LogP contribution >= 0.6 is 15.9 Å². The molecule has 92 valence electrons. The molecule has 3 atom stereocenters. The van der Waals surface area contributed by atoms with E-state index in [0.717, 1.165) is 18.4 Å². The Morgan fingerprint density at radius 2 is 2.35 bits per heavy atom. The third-order valence-corrected chi connectivity index (χ3v) is 4.74. The van der Waals surface area contributed by atoms with E-state index in [4.69, 9.17) is 0 Å². The molecule has 2 fully saturated rings.